The largest absolute Gasteiger partial charge is 0.502 e. The lowest BCUT2D eigenvalue weighted by molar-refractivity contribution is 0.339. The number of ether oxygens (including phenoxy) is 2. The van der Waals surface area contributed by atoms with Crippen LogP contribution in [0.3, 0.4) is 0 Å². The van der Waals surface area contributed by atoms with E-state index in [1.54, 1.807) is 30.6 Å². The molecular weight excluding hydrogens is 348 g/mol. The number of aromatic nitrogens is 2. The molecule has 2 heterocycles. The van der Waals surface area contributed by atoms with Gasteiger partial charge in [0.2, 0.25) is 11.7 Å². The summed E-state index contributed by atoms with van der Waals surface area (Å²) < 4.78 is 10.3. The zero-order valence-corrected chi connectivity index (χ0v) is 15.5. The molecule has 1 aliphatic rings. The first-order valence-corrected chi connectivity index (χ1v) is 8.63. The average molecular weight is 372 g/mol. The van der Waals surface area contributed by atoms with Crippen LogP contribution < -0.4 is 20.1 Å². The lowest BCUT2D eigenvalue weighted by atomic mass is 10.2. The Balaban J connectivity index is 1.62. The summed E-state index contributed by atoms with van der Waals surface area (Å²) in [7, 11) is 2.98. The number of nitrogens with two attached hydrogens (primary N) is 1. The first-order valence-electron chi connectivity index (χ1n) is 8.63. The van der Waals surface area contributed by atoms with E-state index in [0.717, 1.165) is 37.7 Å². The van der Waals surface area contributed by atoms with Crippen molar-refractivity contribution in [1.82, 2.24) is 14.9 Å². The number of hydrogen-bond acceptors (Lipinski definition) is 7. The third-order valence-electron chi connectivity index (χ3n) is 4.40. The van der Waals surface area contributed by atoms with E-state index in [4.69, 9.17) is 15.2 Å². The molecule has 9 nitrogen and oxygen atoms in total. The highest BCUT2D eigenvalue weighted by atomic mass is 16.5. The van der Waals surface area contributed by atoms with Gasteiger partial charge in [-0.1, -0.05) is 0 Å². The number of anilines is 1. The highest BCUT2D eigenvalue weighted by Gasteiger charge is 2.20. The third kappa shape index (κ3) is 4.30. The minimum absolute atomic E-state index is 0.0278. The summed E-state index contributed by atoms with van der Waals surface area (Å²) in [6.07, 6.45) is 3.48. The minimum atomic E-state index is -0.0278. The molecule has 0 spiro atoms. The van der Waals surface area contributed by atoms with Crippen LogP contribution in [0.1, 0.15) is 5.56 Å². The molecule has 1 aromatic heterocycles. The standard InChI is InChI=1S/C18H24N6O3/c1-26-14-10-13(11-15(27-2)16(14)25)12-22-17(19)23-6-8-24(9-7-23)18-20-4-3-5-21-18/h3-5,10-11,25H,6-9,12H2,1-2H3,(H2,19,22). The van der Waals surface area contributed by atoms with Crippen LogP contribution in [-0.2, 0) is 6.54 Å². The van der Waals surface area contributed by atoms with Crippen molar-refractivity contribution >= 4 is 11.9 Å². The van der Waals surface area contributed by atoms with E-state index >= 15 is 0 Å². The second-order valence-corrected chi connectivity index (χ2v) is 6.05. The van der Waals surface area contributed by atoms with Gasteiger partial charge in [0.05, 0.1) is 20.8 Å². The quantitative estimate of drug-likeness (QED) is 0.587. The number of methoxy groups -OCH3 is 2. The maximum absolute atomic E-state index is 9.98. The van der Waals surface area contributed by atoms with Gasteiger partial charge < -0.3 is 30.1 Å². The SMILES string of the molecule is COc1cc(CN=C(N)N2CCN(c3ncccn3)CC2)cc(OC)c1O. The van der Waals surface area contributed by atoms with Gasteiger partial charge in [0, 0.05) is 38.6 Å². The zero-order chi connectivity index (χ0) is 19.2. The Labute approximate surface area is 158 Å². The van der Waals surface area contributed by atoms with E-state index in [1.807, 2.05) is 4.90 Å². The van der Waals surface area contributed by atoms with Gasteiger partial charge in [-0.2, -0.15) is 0 Å². The molecule has 9 heteroatoms. The molecule has 0 bridgehead atoms. The molecule has 27 heavy (non-hydrogen) atoms. The highest BCUT2D eigenvalue weighted by Crippen LogP contribution is 2.37. The molecule has 1 fully saturated rings. The summed E-state index contributed by atoms with van der Waals surface area (Å²) in [5.74, 6) is 1.87. The fraction of sp³-hybridized carbons (Fsp3) is 0.389. The van der Waals surface area contributed by atoms with E-state index in [9.17, 15) is 5.11 Å². The van der Waals surface area contributed by atoms with Crippen LogP contribution in [0.2, 0.25) is 0 Å². The van der Waals surface area contributed by atoms with E-state index in [1.165, 1.54) is 14.2 Å². The molecule has 1 aliphatic heterocycles. The minimum Gasteiger partial charge on any atom is -0.502 e. The lowest BCUT2D eigenvalue weighted by Crippen LogP contribution is -2.51. The normalized spacial score (nSPS) is 15.0. The lowest BCUT2D eigenvalue weighted by Gasteiger charge is -2.35. The summed E-state index contributed by atoms with van der Waals surface area (Å²) in [5, 5.41) is 9.98. The van der Waals surface area contributed by atoms with E-state index in [0.29, 0.717) is 24.0 Å². The number of rotatable bonds is 5. The number of benzene rings is 1. The third-order valence-corrected chi connectivity index (χ3v) is 4.40. The summed E-state index contributed by atoms with van der Waals surface area (Å²) in [5.41, 5.74) is 7.00. The van der Waals surface area contributed by atoms with Crippen LogP contribution in [-0.4, -0.2) is 66.3 Å². The van der Waals surface area contributed by atoms with Crippen LogP contribution in [0.25, 0.3) is 0 Å². The number of phenolic OH excluding ortho intramolecular Hbond substituents is 1. The summed E-state index contributed by atoms with van der Waals surface area (Å²) in [6, 6.07) is 5.25. The number of phenols is 1. The number of guanidine groups is 1. The first-order chi connectivity index (χ1) is 13.1. The number of aliphatic imine (C=N–C) groups is 1. The Morgan fingerprint density at radius 2 is 1.70 bits per heavy atom. The number of aromatic hydroxyl groups is 1. The van der Waals surface area contributed by atoms with Gasteiger partial charge in [0.15, 0.2) is 17.5 Å². The van der Waals surface area contributed by atoms with Gasteiger partial charge in [-0.05, 0) is 23.8 Å². The van der Waals surface area contributed by atoms with Gasteiger partial charge >= 0.3 is 0 Å². The smallest absolute Gasteiger partial charge is 0.225 e. The number of nitrogens with zero attached hydrogens (tertiary/aromatic N) is 5. The Morgan fingerprint density at radius 3 is 2.26 bits per heavy atom. The molecule has 0 unspecified atom stereocenters. The van der Waals surface area contributed by atoms with E-state index < -0.39 is 0 Å². The Hall–Kier alpha value is -3.23. The molecule has 144 valence electrons. The molecule has 0 saturated carbocycles. The van der Waals surface area contributed by atoms with Crippen LogP contribution >= 0.6 is 0 Å². The molecule has 1 saturated heterocycles. The van der Waals surface area contributed by atoms with Crippen LogP contribution in [0.5, 0.6) is 17.2 Å². The molecule has 0 atom stereocenters. The molecule has 0 amide bonds. The van der Waals surface area contributed by atoms with E-state index in [-0.39, 0.29) is 5.75 Å². The molecule has 3 rings (SSSR count). The molecule has 1 aromatic carbocycles. The second kappa shape index (κ2) is 8.43. The first kappa shape index (κ1) is 18.6. The molecular formula is C18H24N6O3. The predicted octanol–water partition coefficient (Wildman–Crippen LogP) is 0.836. The van der Waals surface area contributed by atoms with Gasteiger partial charge in [0.25, 0.3) is 0 Å². The van der Waals surface area contributed by atoms with Crippen LogP contribution in [0.4, 0.5) is 5.95 Å². The summed E-state index contributed by atoms with van der Waals surface area (Å²) >= 11 is 0. The van der Waals surface area contributed by atoms with Gasteiger partial charge in [-0.3, -0.25) is 0 Å². The Bertz CT molecular complexity index is 766. The van der Waals surface area contributed by atoms with Gasteiger partial charge in [0.1, 0.15) is 0 Å². The van der Waals surface area contributed by atoms with Crippen molar-refractivity contribution in [3.63, 3.8) is 0 Å². The Morgan fingerprint density at radius 1 is 1.11 bits per heavy atom. The number of hydrogen-bond donors (Lipinski definition) is 2. The Kier molecular flexibility index (Phi) is 5.80. The molecule has 0 radical (unpaired) electrons. The fourth-order valence-electron chi connectivity index (χ4n) is 2.90. The van der Waals surface area contributed by atoms with Crippen molar-refractivity contribution in [3.8, 4) is 17.2 Å². The van der Waals surface area contributed by atoms with Crippen molar-refractivity contribution in [2.45, 2.75) is 6.54 Å². The summed E-state index contributed by atoms with van der Waals surface area (Å²) in [6.45, 7) is 3.41. The highest BCUT2D eigenvalue weighted by molar-refractivity contribution is 5.78. The maximum atomic E-state index is 9.98. The molecule has 2 aromatic rings. The molecule has 0 aliphatic carbocycles. The van der Waals surface area contributed by atoms with Crippen LogP contribution in [0.15, 0.2) is 35.6 Å². The molecule has 3 N–H and O–H groups in total. The van der Waals surface area contributed by atoms with Crippen molar-refractivity contribution in [2.24, 2.45) is 10.7 Å². The topological polar surface area (TPSA) is 109 Å². The number of piperazine rings is 1. The average Bonchev–Trinajstić information content (AvgIpc) is 2.73. The van der Waals surface area contributed by atoms with Crippen molar-refractivity contribution in [3.05, 3.63) is 36.2 Å². The zero-order valence-electron chi connectivity index (χ0n) is 15.5. The second-order valence-electron chi connectivity index (χ2n) is 6.05. The summed E-state index contributed by atoms with van der Waals surface area (Å²) in [4.78, 5) is 17.2. The fourth-order valence-corrected chi connectivity index (χ4v) is 2.90. The van der Waals surface area contributed by atoms with Gasteiger partial charge in [-0.15, -0.1) is 0 Å². The van der Waals surface area contributed by atoms with Crippen molar-refractivity contribution < 1.29 is 14.6 Å². The van der Waals surface area contributed by atoms with Crippen molar-refractivity contribution in [1.29, 1.82) is 0 Å². The maximum Gasteiger partial charge on any atom is 0.225 e. The van der Waals surface area contributed by atoms with E-state index in [2.05, 4.69) is 19.9 Å². The van der Waals surface area contributed by atoms with Crippen molar-refractivity contribution in [2.75, 3.05) is 45.3 Å². The van der Waals surface area contributed by atoms with Crippen LogP contribution in [0, 0.1) is 0 Å². The van der Waals surface area contributed by atoms with Gasteiger partial charge in [-0.25, -0.2) is 15.0 Å². The monoisotopic (exact) mass is 372 g/mol. The predicted molar refractivity (Wildman–Crippen MR) is 102 cm³/mol.